The van der Waals surface area contributed by atoms with Crippen LogP contribution >= 0.6 is 0 Å². The Morgan fingerprint density at radius 3 is 1.97 bits per heavy atom. The number of aliphatic hydroxyl groups excluding tert-OH is 2. The summed E-state index contributed by atoms with van der Waals surface area (Å²) in [5, 5.41) is 22.6. The Kier molecular flexibility index (Phi) is 7.08. The average Bonchev–Trinajstić information content (AvgIpc) is 2.62. The van der Waals surface area contributed by atoms with Gasteiger partial charge in [0.1, 0.15) is 24.4 Å². The van der Waals surface area contributed by atoms with Gasteiger partial charge >= 0.3 is 17.9 Å². The normalized spacial score (nSPS) is 39.3. The van der Waals surface area contributed by atoms with E-state index in [-0.39, 0.29) is 6.42 Å². The first kappa shape index (κ1) is 26.4. The van der Waals surface area contributed by atoms with Crippen molar-refractivity contribution in [3.63, 3.8) is 0 Å². The minimum Gasteiger partial charge on any atom is -0.462 e. The lowest BCUT2D eigenvalue weighted by molar-refractivity contribution is -0.188. The fourth-order valence-corrected chi connectivity index (χ4v) is 7.19. The molecule has 190 valence electrons. The zero-order valence-electron chi connectivity index (χ0n) is 21.2. The zero-order valence-corrected chi connectivity index (χ0v) is 21.2. The van der Waals surface area contributed by atoms with Crippen LogP contribution in [-0.4, -0.2) is 58.6 Å². The topological polar surface area (TPSA) is 119 Å². The highest BCUT2D eigenvalue weighted by atomic mass is 16.6. The fraction of sp³-hybridized carbons (Fsp3) is 0.731. The molecule has 3 aliphatic carbocycles. The molecule has 0 aromatic heterocycles. The number of rotatable bonds is 3. The van der Waals surface area contributed by atoms with E-state index < -0.39 is 71.1 Å². The van der Waals surface area contributed by atoms with Crippen molar-refractivity contribution in [3.8, 4) is 0 Å². The molecule has 3 aliphatic rings. The summed E-state index contributed by atoms with van der Waals surface area (Å²) in [4.78, 5) is 36.1. The number of hydrogen-bond acceptors (Lipinski definition) is 8. The Morgan fingerprint density at radius 2 is 1.44 bits per heavy atom. The van der Waals surface area contributed by atoms with Crippen molar-refractivity contribution in [2.45, 2.75) is 98.2 Å². The largest absolute Gasteiger partial charge is 0.462 e. The Labute approximate surface area is 201 Å². The summed E-state index contributed by atoms with van der Waals surface area (Å²) in [6.07, 6.45) is -3.21. The van der Waals surface area contributed by atoms with Gasteiger partial charge in [-0.05, 0) is 41.7 Å². The zero-order chi connectivity index (χ0) is 25.7. The van der Waals surface area contributed by atoms with Gasteiger partial charge in [-0.2, -0.15) is 0 Å². The summed E-state index contributed by atoms with van der Waals surface area (Å²) in [5.74, 6) is -2.51. The van der Waals surface area contributed by atoms with E-state index in [4.69, 9.17) is 14.2 Å². The average molecular weight is 479 g/mol. The number of aliphatic hydroxyl groups is 2. The predicted molar refractivity (Wildman–Crippen MR) is 123 cm³/mol. The number of carbonyl (C=O) groups is 3. The first-order valence-corrected chi connectivity index (χ1v) is 11.9. The van der Waals surface area contributed by atoms with Crippen LogP contribution in [0.2, 0.25) is 0 Å². The van der Waals surface area contributed by atoms with E-state index in [0.29, 0.717) is 18.4 Å². The van der Waals surface area contributed by atoms with Crippen molar-refractivity contribution in [2.75, 3.05) is 0 Å². The lowest BCUT2D eigenvalue weighted by Gasteiger charge is -2.59. The molecular formula is C26H38O8. The van der Waals surface area contributed by atoms with Crippen molar-refractivity contribution >= 4 is 17.9 Å². The van der Waals surface area contributed by atoms with Crippen LogP contribution in [0.1, 0.15) is 67.7 Å². The summed E-state index contributed by atoms with van der Waals surface area (Å²) >= 11 is 0. The molecule has 34 heavy (non-hydrogen) atoms. The van der Waals surface area contributed by atoms with Crippen molar-refractivity contribution in [1.82, 2.24) is 0 Å². The molecule has 0 saturated heterocycles. The molecule has 0 aromatic rings. The molecule has 0 heterocycles. The highest BCUT2D eigenvalue weighted by molar-refractivity contribution is 5.67. The van der Waals surface area contributed by atoms with Crippen molar-refractivity contribution in [1.29, 1.82) is 0 Å². The number of ether oxygens (including phenoxy) is 3. The third-order valence-corrected chi connectivity index (χ3v) is 8.06. The maximum absolute atomic E-state index is 12.4. The van der Waals surface area contributed by atoms with E-state index in [2.05, 4.69) is 6.58 Å². The smallest absolute Gasteiger partial charge is 0.303 e. The molecule has 0 aromatic carbocycles. The molecule has 2 bridgehead atoms. The van der Waals surface area contributed by atoms with Gasteiger partial charge in [-0.1, -0.05) is 32.9 Å². The van der Waals surface area contributed by atoms with Gasteiger partial charge < -0.3 is 24.4 Å². The van der Waals surface area contributed by atoms with E-state index >= 15 is 0 Å². The predicted octanol–water partition coefficient (Wildman–Crippen LogP) is 2.85. The van der Waals surface area contributed by atoms with E-state index in [1.807, 2.05) is 27.7 Å². The maximum Gasteiger partial charge on any atom is 0.303 e. The quantitative estimate of drug-likeness (QED) is 0.361. The minimum atomic E-state index is -1.16. The summed E-state index contributed by atoms with van der Waals surface area (Å²) < 4.78 is 17.2. The minimum absolute atomic E-state index is 0.254. The lowest BCUT2D eigenvalue weighted by atomic mass is 9.49. The van der Waals surface area contributed by atoms with Gasteiger partial charge in [-0.15, -0.1) is 0 Å². The SMILES string of the molecule is C=C1[C@@H](O)[C@@H](OC(C)=O)C[C@@]2(C)C[C@H](O)C3=C(C)C[C@H](OC(C)=O)[C@@H]([C@@H](OC(C)=O)[C@H]12)C3(C)C. The van der Waals surface area contributed by atoms with E-state index in [1.165, 1.54) is 20.8 Å². The van der Waals surface area contributed by atoms with Crippen LogP contribution < -0.4 is 0 Å². The first-order valence-electron chi connectivity index (χ1n) is 11.9. The molecule has 0 unspecified atom stereocenters. The molecule has 2 N–H and O–H groups in total. The molecule has 0 aliphatic heterocycles. The maximum atomic E-state index is 12.4. The molecule has 2 fully saturated rings. The number of fused-ring (bicyclic) bond motifs is 3. The van der Waals surface area contributed by atoms with Crippen LogP contribution in [0, 0.1) is 22.7 Å². The second-order valence-corrected chi connectivity index (χ2v) is 11.1. The molecule has 8 nitrogen and oxygen atoms in total. The van der Waals surface area contributed by atoms with Gasteiger partial charge in [-0.25, -0.2) is 0 Å². The van der Waals surface area contributed by atoms with Crippen LogP contribution in [0.25, 0.3) is 0 Å². The third-order valence-electron chi connectivity index (χ3n) is 8.06. The Balaban J connectivity index is 2.24. The Bertz CT molecular complexity index is 918. The van der Waals surface area contributed by atoms with Crippen molar-refractivity contribution in [3.05, 3.63) is 23.3 Å². The third kappa shape index (κ3) is 4.54. The summed E-state index contributed by atoms with van der Waals surface area (Å²) in [5.41, 5.74) is 0.759. The Morgan fingerprint density at radius 1 is 0.912 bits per heavy atom. The highest BCUT2D eigenvalue weighted by Crippen LogP contribution is 2.60. The van der Waals surface area contributed by atoms with Gasteiger partial charge in [0.2, 0.25) is 0 Å². The second-order valence-electron chi connectivity index (χ2n) is 11.1. The standard InChI is InChI=1S/C26H38O8/c1-12-9-18(32-14(3)27)22-24(34-16(5)29)21-13(2)23(31)19(33-15(4)28)11-26(21,8)10-17(30)20(12)25(22,6)7/h17-19,21-24,30-31H,2,9-11H2,1,3-8H3/t17-,18-,19-,21-,22-,23+,24-,26+/m0/s1. The van der Waals surface area contributed by atoms with Gasteiger partial charge in [-0.3, -0.25) is 14.4 Å². The molecule has 0 spiro atoms. The molecule has 2 saturated carbocycles. The summed E-state index contributed by atoms with van der Waals surface area (Å²) in [6, 6.07) is 0. The van der Waals surface area contributed by atoms with Gasteiger partial charge in [0.15, 0.2) is 0 Å². The van der Waals surface area contributed by atoms with Gasteiger partial charge in [0, 0.05) is 39.0 Å². The van der Waals surface area contributed by atoms with Gasteiger partial charge in [0.05, 0.1) is 6.10 Å². The number of esters is 3. The first-order chi connectivity index (χ1) is 15.6. The van der Waals surface area contributed by atoms with Gasteiger partial charge in [0.25, 0.3) is 0 Å². The lowest BCUT2D eigenvalue weighted by Crippen LogP contribution is -2.62. The van der Waals surface area contributed by atoms with E-state index in [9.17, 15) is 24.6 Å². The van der Waals surface area contributed by atoms with Crippen LogP contribution in [0.5, 0.6) is 0 Å². The summed E-state index contributed by atoms with van der Waals surface area (Å²) in [6.45, 7) is 15.9. The summed E-state index contributed by atoms with van der Waals surface area (Å²) in [7, 11) is 0. The fourth-order valence-electron chi connectivity index (χ4n) is 7.19. The molecule has 3 rings (SSSR count). The van der Waals surface area contributed by atoms with E-state index in [1.54, 1.807) is 0 Å². The van der Waals surface area contributed by atoms with Crippen LogP contribution in [0.3, 0.4) is 0 Å². The number of hydrogen-bond donors (Lipinski definition) is 2. The van der Waals surface area contributed by atoms with Crippen molar-refractivity contribution < 1.29 is 38.8 Å². The van der Waals surface area contributed by atoms with Crippen LogP contribution in [-0.2, 0) is 28.6 Å². The van der Waals surface area contributed by atoms with E-state index in [0.717, 1.165) is 11.1 Å². The monoisotopic (exact) mass is 478 g/mol. The highest BCUT2D eigenvalue weighted by Gasteiger charge is 2.61. The van der Waals surface area contributed by atoms with Crippen LogP contribution in [0.4, 0.5) is 0 Å². The molecule has 8 heteroatoms. The Hall–Kier alpha value is -2.19. The van der Waals surface area contributed by atoms with Crippen molar-refractivity contribution in [2.24, 2.45) is 22.7 Å². The molecule has 0 amide bonds. The molecule has 0 radical (unpaired) electrons. The number of carbonyl (C=O) groups excluding carboxylic acids is 3. The van der Waals surface area contributed by atoms with Crippen LogP contribution in [0.15, 0.2) is 23.3 Å². The molecular weight excluding hydrogens is 440 g/mol. The second kappa shape index (κ2) is 9.11. The molecule has 8 atom stereocenters.